The molecule has 0 heterocycles. The topological polar surface area (TPSA) is 102 Å². The second-order valence-electron chi connectivity index (χ2n) is 4.88. The van der Waals surface area contributed by atoms with Gasteiger partial charge in [0.1, 0.15) is 15.7 Å². The Kier molecular flexibility index (Phi) is 6.49. The summed E-state index contributed by atoms with van der Waals surface area (Å²) in [7, 11) is -3.21. The Morgan fingerprint density at radius 1 is 1.30 bits per heavy atom. The predicted octanol–water partition coefficient (Wildman–Crippen LogP) is 1.48. The van der Waals surface area contributed by atoms with Gasteiger partial charge in [0, 0.05) is 12.8 Å². The highest BCUT2D eigenvalue weighted by atomic mass is 32.2. The zero-order valence-corrected chi connectivity index (χ0v) is 13.9. The highest BCUT2D eigenvalue weighted by Crippen LogP contribution is 2.20. The van der Waals surface area contributed by atoms with Crippen LogP contribution in [0.25, 0.3) is 0 Å². The van der Waals surface area contributed by atoms with Crippen molar-refractivity contribution < 1.29 is 27.1 Å². The number of halogens is 1. The fourth-order valence-electron chi connectivity index (χ4n) is 1.71. The zero-order valence-electron chi connectivity index (χ0n) is 13.1. The third-order valence-corrected chi connectivity index (χ3v) is 3.76. The van der Waals surface area contributed by atoms with Crippen LogP contribution >= 0.6 is 0 Å². The van der Waals surface area contributed by atoms with Crippen molar-refractivity contribution in [2.75, 3.05) is 30.5 Å². The van der Waals surface area contributed by atoms with Crippen LogP contribution < -0.4 is 10.6 Å². The summed E-state index contributed by atoms with van der Waals surface area (Å²) in [5.41, 5.74) is 0.319. The maximum Gasteiger partial charge on any atom is 0.338 e. The molecule has 0 aliphatic rings. The van der Waals surface area contributed by atoms with Gasteiger partial charge in [0.15, 0.2) is 0 Å². The first kappa shape index (κ1) is 18.9. The minimum atomic E-state index is -3.21. The molecule has 2 amide bonds. The molecule has 9 heteroatoms. The molecular weight excluding hydrogens is 327 g/mol. The van der Waals surface area contributed by atoms with Crippen molar-refractivity contribution in [3.8, 4) is 0 Å². The Morgan fingerprint density at radius 3 is 2.52 bits per heavy atom. The van der Waals surface area contributed by atoms with E-state index >= 15 is 0 Å². The van der Waals surface area contributed by atoms with Crippen molar-refractivity contribution in [3.05, 3.63) is 29.1 Å². The van der Waals surface area contributed by atoms with Crippen molar-refractivity contribution in [1.82, 2.24) is 5.32 Å². The number of anilines is 1. The normalized spacial score (nSPS) is 11.0. The summed E-state index contributed by atoms with van der Waals surface area (Å²) >= 11 is 0. The molecule has 128 valence electrons. The van der Waals surface area contributed by atoms with E-state index in [4.69, 9.17) is 4.74 Å². The summed E-state index contributed by atoms with van der Waals surface area (Å²) in [6, 6.07) is 1.52. The Labute approximate surface area is 134 Å². The maximum atomic E-state index is 13.9. The van der Waals surface area contributed by atoms with Crippen molar-refractivity contribution in [1.29, 1.82) is 0 Å². The lowest BCUT2D eigenvalue weighted by atomic mass is 10.1. The van der Waals surface area contributed by atoms with Crippen molar-refractivity contribution >= 4 is 27.5 Å². The number of carbonyl (C=O) groups is 2. The average Bonchev–Trinajstić information content (AvgIpc) is 2.40. The fraction of sp³-hybridized carbons (Fsp3) is 0.429. The summed E-state index contributed by atoms with van der Waals surface area (Å²) in [5, 5.41) is 4.52. The van der Waals surface area contributed by atoms with Crippen LogP contribution in [0, 0.1) is 12.7 Å². The molecule has 0 fully saturated rings. The summed E-state index contributed by atoms with van der Waals surface area (Å²) in [4.78, 5) is 23.4. The fourth-order valence-corrected chi connectivity index (χ4v) is 2.19. The molecule has 0 aliphatic heterocycles. The first-order valence-corrected chi connectivity index (χ1v) is 8.90. The molecule has 1 rings (SSSR count). The second-order valence-corrected chi connectivity index (χ2v) is 7.14. The monoisotopic (exact) mass is 346 g/mol. The molecule has 23 heavy (non-hydrogen) atoms. The molecule has 1 aromatic carbocycles. The number of nitrogens with one attached hydrogen (secondary N) is 2. The van der Waals surface area contributed by atoms with E-state index in [0.29, 0.717) is 5.56 Å². The lowest BCUT2D eigenvalue weighted by Crippen LogP contribution is -2.33. The molecule has 0 aliphatic carbocycles. The van der Waals surface area contributed by atoms with Gasteiger partial charge in [-0.1, -0.05) is 0 Å². The minimum absolute atomic E-state index is 0.108. The van der Waals surface area contributed by atoms with Gasteiger partial charge in [-0.05, 0) is 31.5 Å². The van der Waals surface area contributed by atoms with Crippen LogP contribution in [0.1, 0.15) is 22.8 Å². The van der Waals surface area contributed by atoms with Gasteiger partial charge in [-0.3, -0.25) is 0 Å². The van der Waals surface area contributed by atoms with Gasteiger partial charge in [-0.15, -0.1) is 0 Å². The third kappa shape index (κ3) is 6.23. The largest absolute Gasteiger partial charge is 0.462 e. The lowest BCUT2D eigenvalue weighted by molar-refractivity contribution is 0.0525. The lowest BCUT2D eigenvalue weighted by Gasteiger charge is -2.11. The number of hydrogen-bond acceptors (Lipinski definition) is 5. The van der Waals surface area contributed by atoms with Crippen LogP contribution in [0.3, 0.4) is 0 Å². The van der Waals surface area contributed by atoms with E-state index in [1.807, 2.05) is 0 Å². The highest BCUT2D eigenvalue weighted by Gasteiger charge is 2.16. The average molecular weight is 346 g/mol. The van der Waals surface area contributed by atoms with Crippen molar-refractivity contribution in [3.63, 3.8) is 0 Å². The highest BCUT2D eigenvalue weighted by molar-refractivity contribution is 7.90. The molecule has 2 N–H and O–H groups in total. The number of hydrogen-bond donors (Lipinski definition) is 2. The van der Waals surface area contributed by atoms with E-state index < -0.39 is 27.7 Å². The van der Waals surface area contributed by atoms with E-state index in [0.717, 1.165) is 12.3 Å². The molecule has 0 unspecified atom stereocenters. The van der Waals surface area contributed by atoms with Gasteiger partial charge in [0.2, 0.25) is 0 Å². The smallest absolute Gasteiger partial charge is 0.338 e. The van der Waals surface area contributed by atoms with Crippen LogP contribution in [-0.2, 0) is 14.6 Å². The van der Waals surface area contributed by atoms with Crippen LogP contribution in [0.2, 0.25) is 0 Å². The van der Waals surface area contributed by atoms with Gasteiger partial charge < -0.3 is 15.4 Å². The number of ether oxygens (including phenoxy) is 1. The molecule has 0 spiro atoms. The van der Waals surface area contributed by atoms with E-state index in [1.54, 1.807) is 13.8 Å². The third-order valence-electron chi connectivity index (χ3n) is 2.82. The van der Waals surface area contributed by atoms with Gasteiger partial charge in [-0.25, -0.2) is 22.4 Å². The molecule has 1 aromatic rings. The first-order valence-electron chi connectivity index (χ1n) is 6.84. The Balaban J connectivity index is 2.81. The van der Waals surface area contributed by atoms with E-state index in [-0.39, 0.29) is 30.2 Å². The second kappa shape index (κ2) is 7.91. The number of rotatable bonds is 6. The Hall–Kier alpha value is -2.16. The van der Waals surface area contributed by atoms with E-state index in [2.05, 4.69) is 10.6 Å². The number of amides is 2. The molecule has 0 radical (unpaired) electrons. The van der Waals surface area contributed by atoms with Gasteiger partial charge in [0.05, 0.1) is 23.6 Å². The number of aryl methyl sites for hydroxylation is 1. The molecular formula is C14H19FN2O5S. The molecule has 7 nitrogen and oxygen atoms in total. The summed E-state index contributed by atoms with van der Waals surface area (Å²) in [6.07, 6.45) is 1.04. The number of esters is 1. The molecule has 0 aromatic heterocycles. The van der Waals surface area contributed by atoms with Crippen LogP contribution in [0.5, 0.6) is 0 Å². The standard InChI is InChI=1S/C14H19FN2O5S/c1-4-22-13(18)10-8-12(11(15)7-9(10)2)17-14(19)16-5-6-23(3,20)21/h7-8H,4-6H2,1-3H3,(H2,16,17,19). The zero-order chi connectivity index (χ0) is 17.6. The van der Waals surface area contributed by atoms with Gasteiger partial charge >= 0.3 is 12.0 Å². The number of carbonyl (C=O) groups excluding carboxylic acids is 2. The van der Waals surface area contributed by atoms with Crippen molar-refractivity contribution in [2.45, 2.75) is 13.8 Å². The number of benzene rings is 1. The Morgan fingerprint density at radius 2 is 1.96 bits per heavy atom. The molecule has 0 saturated carbocycles. The van der Waals surface area contributed by atoms with Gasteiger partial charge in [0.25, 0.3) is 0 Å². The Bertz CT molecular complexity index is 703. The quantitative estimate of drug-likeness (QED) is 0.760. The minimum Gasteiger partial charge on any atom is -0.462 e. The van der Waals surface area contributed by atoms with Gasteiger partial charge in [-0.2, -0.15) is 0 Å². The predicted molar refractivity (Wildman–Crippen MR) is 83.8 cm³/mol. The van der Waals surface area contributed by atoms with E-state index in [1.165, 1.54) is 6.07 Å². The first-order chi connectivity index (χ1) is 10.6. The number of urea groups is 1. The molecule has 0 atom stereocenters. The molecule has 0 saturated heterocycles. The van der Waals surface area contributed by atoms with E-state index in [9.17, 15) is 22.4 Å². The SMILES string of the molecule is CCOC(=O)c1cc(NC(=O)NCCS(C)(=O)=O)c(F)cc1C. The summed E-state index contributed by atoms with van der Waals surface area (Å²) < 4.78 is 40.6. The molecule has 0 bridgehead atoms. The summed E-state index contributed by atoms with van der Waals surface area (Å²) in [6.45, 7) is 3.25. The summed E-state index contributed by atoms with van der Waals surface area (Å²) in [5.74, 6) is -1.57. The van der Waals surface area contributed by atoms with Crippen LogP contribution in [0.15, 0.2) is 12.1 Å². The maximum absolute atomic E-state index is 13.9. The van der Waals surface area contributed by atoms with Crippen LogP contribution in [0.4, 0.5) is 14.9 Å². The van der Waals surface area contributed by atoms with Crippen molar-refractivity contribution in [2.24, 2.45) is 0 Å². The van der Waals surface area contributed by atoms with Crippen LogP contribution in [-0.4, -0.2) is 45.6 Å². The number of sulfone groups is 1.